The summed E-state index contributed by atoms with van der Waals surface area (Å²) in [7, 11) is -4.28. The average molecular weight is 1010 g/mol. The largest absolute Gasteiger partial charge is 0.472 e. The molecule has 0 saturated heterocycles. The Bertz CT molecular complexity index is 1050. The van der Waals surface area contributed by atoms with Crippen LogP contribution in [0, 0.1) is 0 Å². The molecule has 0 spiro atoms. The van der Waals surface area contributed by atoms with Gasteiger partial charge in [-0.15, -0.1) is 0 Å². The highest BCUT2D eigenvalue weighted by Crippen LogP contribution is 2.43. The average Bonchev–Trinajstić information content (AvgIpc) is 3.35. The summed E-state index contributed by atoms with van der Waals surface area (Å²) in [4.78, 5) is 22.7. The zero-order valence-corrected chi connectivity index (χ0v) is 48.2. The van der Waals surface area contributed by atoms with Gasteiger partial charge in [0.25, 0.3) is 0 Å². The third-order valence-electron chi connectivity index (χ3n) is 14.5. The van der Waals surface area contributed by atoms with Gasteiger partial charge in [-0.2, -0.15) is 0 Å². The minimum atomic E-state index is -4.28. The van der Waals surface area contributed by atoms with Crippen molar-refractivity contribution in [3.8, 4) is 0 Å². The van der Waals surface area contributed by atoms with Crippen LogP contribution < -0.4 is 5.73 Å². The molecule has 3 N–H and O–H groups in total. The van der Waals surface area contributed by atoms with Crippen molar-refractivity contribution in [1.82, 2.24) is 0 Å². The van der Waals surface area contributed by atoms with E-state index in [0.29, 0.717) is 13.0 Å². The van der Waals surface area contributed by atoms with Crippen LogP contribution in [0.1, 0.15) is 348 Å². The van der Waals surface area contributed by atoms with Crippen molar-refractivity contribution in [2.45, 2.75) is 354 Å². The Morgan fingerprint density at radius 2 is 0.629 bits per heavy atom. The van der Waals surface area contributed by atoms with E-state index in [-0.39, 0.29) is 32.3 Å². The van der Waals surface area contributed by atoms with Crippen LogP contribution in [0.25, 0.3) is 0 Å². The monoisotopic (exact) mass is 1010 g/mol. The molecule has 0 amide bonds. The van der Waals surface area contributed by atoms with E-state index < -0.39 is 13.9 Å². The Kier molecular flexibility index (Phi) is 59.0. The summed E-state index contributed by atoms with van der Waals surface area (Å²) in [6.07, 6.45) is 69.0. The molecule has 0 heterocycles. The maximum atomic E-state index is 12.7. The summed E-state index contributed by atoms with van der Waals surface area (Å²) in [5.41, 5.74) is 5.41. The van der Waals surface area contributed by atoms with E-state index in [1.807, 2.05) is 0 Å². The number of phosphoric ester groups is 1. The van der Waals surface area contributed by atoms with Crippen molar-refractivity contribution in [2.75, 3.05) is 33.0 Å². The van der Waals surface area contributed by atoms with Crippen molar-refractivity contribution in [2.24, 2.45) is 5.73 Å². The number of unbranched alkanes of at least 4 members (excludes halogenated alkanes) is 49. The first-order valence-corrected chi connectivity index (χ1v) is 33.0. The van der Waals surface area contributed by atoms with Crippen LogP contribution in [0.2, 0.25) is 0 Å². The molecule has 420 valence electrons. The van der Waals surface area contributed by atoms with Crippen molar-refractivity contribution < 1.29 is 32.8 Å². The van der Waals surface area contributed by atoms with Gasteiger partial charge in [-0.3, -0.25) is 13.8 Å². The van der Waals surface area contributed by atoms with E-state index in [0.717, 1.165) is 32.1 Å². The second-order valence-electron chi connectivity index (χ2n) is 21.6. The zero-order valence-electron chi connectivity index (χ0n) is 47.3. The quantitative estimate of drug-likeness (QED) is 0.0351. The molecule has 0 saturated carbocycles. The first-order chi connectivity index (χ1) is 34.4. The molecule has 0 aromatic heterocycles. The molecule has 0 bridgehead atoms. The van der Waals surface area contributed by atoms with Gasteiger partial charge in [-0.1, -0.05) is 328 Å². The van der Waals surface area contributed by atoms with Gasteiger partial charge in [-0.25, -0.2) is 4.57 Å². The van der Waals surface area contributed by atoms with Gasteiger partial charge in [0.2, 0.25) is 0 Å². The van der Waals surface area contributed by atoms with Crippen LogP contribution in [-0.4, -0.2) is 49.9 Å². The third kappa shape index (κ3) is 58.4. The second kappa shape index (κ2) is 59.4. The van der Waals surface area contributed by atoms with E-state index in [2.05, 4.69) is 13.8 Å². The molecule has 0 radical (unpaired) electrons. The molecular weight excluding hydrogens is 890 g/mol. The number of hydrogen-bond acceptors (Lipinski definition) is 7. The van der Waals surface area contributed by atoms with Gasteiger partial charge >= 0.3 is 13.8 Å². The summed E-state index contributed by atoms with van der Waals surface area (Å²) in [5, 5.41) is 0. The van der Waals surface area contributed by atoms with Gasteiger partial charge < -0.3 is 20.1 Å². The molecule has 0 aliphatic rings. The molecule has 2 atom stereocenters. The van der Waals surface area contributed by atoms with Crippen LogP contribution >= 0.6 is 7.82 Å². The molecule has 9 heteroatoms. The number of carbonyl (C=O) groups is 1. The maximum Gasteiger partial charge on any atom is 0.472 e. The fourth-order valence-corrected chi connectivity index (χ4v) is 10.7. The van der Waals surface area contributed by atoms with Crippen LogP contribution in [0.3, 0.4) is 0 Å². The molecule has 0 fully saturated rings. The predicted octanol–water partition coefficient (Wildman–Crippen LogP) is 20.3. The Hall–Kier alpha value is -0.500. The fraction of sp³-hybridized carbons (Fsp3) is 0.984. The topological polar surface area (TPSA) is 117 Å². The molecule has 0 rings (SSSR count). The van der Waals surface area contributed by atoms with E-state index in [1.54, 1.807) is 0 Å². The summed E-state index contributed by atoms with van der Waals surface area (Å²) in [6.45, 7) is 5.04. The smallest absolute Gasteiger partial charge is 0.457 e. The summed E-state index contributed by atoms with van der Waals surface area (Å²) < 4.78 is 33.8. The maximum absolute atomic E-state index is 12.7. The summed E-state index contributed by atoms with van der Waals surface area (Å²) in [6, 6.07) is 0. The van der Waals surface area contributed by atoms with Crippen LogP contribution in [-0.2, 0) is 27.9 Å². The molecule has 0 aromatic rings. The highest BCUT2D eigenvalue weighted by molar-refractivity contribution is 7.47. The lowest BCUT2D eigenvalue weighted by molar-refractivity contribution is -0.154. The lowest BCUT2D eigenvalue weighted by Gasteiger charge is -2.20. The van der Waals surface area contributed by atoms with Crippen LogP contribution in [0.15, 0.2) is 0 Å². The van der Waals surface area contributed by atoms with E-state index in [1.165, 1.54) is 295 Å². The molecule has 2 unspecified atom stereocenters. The standard InChI is InChI=1S/C61H124NO7P/c1-3-5-7-9-11-13-15-17-19-21-23-25-27-29-31-33-35-37-39-41-43-45-47-49-51-53-56-66-58-60(59-68-70(64,65)67-57-55-62)69-61(63)54-52-50-48-46-44-42-40-38-36-34-32-30-28-26-24-22-20-18-16-14-12-10-8-6-4-2/h60H,3-59,62H2,1-2H3,(H,64,65). The van der Waals surface area contributed by atoms with E-state index in [4.69, 9.17) is 24.3 Å². The molecule has 0 aromatic carbocycles. The molecule has 0 aliphatic heterocycles. The van der Waals surface area contributed by atoms with E-state index >= 15 is 0 Å². The van der Waals surface area contributed by atoms with Crippen molar-refractivity contribution in [3.05, 3.63) is 0 Å². The third-order valence-corrected chi connectivity index (χ3v) is 15.5. The number of carbonyl (C=O) groups excluding carboxylic acids is 1. The SMILES string of the molecule is CCCCCCCCCCCCCCCCCCCCCCCCCCCCOCC(COP(=O)(O)OCCN)OC(=O)CCCCCCCCCCCCCCCCCCCCCCCCCCC. The summed E-state index contributed by atoms with van der Waals surface area (Å²) >= 11 is 0. The minimum absolute atomic E-state index is 0.0894. The number of esters is 1. The van der Waals surface area contributed by atoms with Crippen molar-refractivity contribution in [1.29, 1.82) is 0 Å². The highest BCUT2D eigenvalue weighted by atomic mass is 31.2. The van der Waals surface area contributed by atoms with Gasteiger partial charge in [-0.05, 0) is 12.8 Å². The van der Waals surface area contributed by atoms with Gasteiger partial charge in [0.05, 0.1) is 19.8 Å². The van der Waals surface area contributed by atoms with Crippen molar-refractivity contribution in [3.63, 3.8) is 0 Å². The molecule has 0 aliphatic carbocycles. The van der Waals surface area contributed by atoms with Gasteiger partial charge in [0, 0.05) is 19.6 Å². The minimum Gasteiger partial charge on any atom is -0.457 e. The number of hydrogen-bond donors (Lipinski definition) is 2. The first kappa shape index (κ1) is 69.5. The summed E-state index contributed by atoms with van der Waals surface area (Å²) in [5.74, 6) is -0.317. The van der Waals surface area contributed by atoms with Gasteiger partial charge in [0.1, 0.15) is 6.10 Å². The molecular formula is C61H124NO7P. The molecule has 70 heavy (non-hydrogen) atoms. The number of rotatable bonds is 62. The first-order valence-electron chi connectivity index (χ1n) is 31.5. The van der Waals surface area contributed by atoms with E-state index in [9.17, 15) is 14.3 Å². The number of ether oxygens (including phenoxy) is 2. The van der Waals surface area contributed by atoms with Crippen LogP contribution in [0.5, 0.6) is 0 Å². The second-order valence-corrected chi connectivity index (χ2v) is 23.1. The lowest BCUT2D eigenvalue weighted by atomic mass is 10.0. The number of nitrogens with two attached hydrogens (primary N) is 1. The fourth-order valence-electron chi connectivity index (χ4n) is 9.89. The Morgan fingerprint density at radius 1 is 0.371 bits per heavy atom. The highest BCUT2D eigenvalue weighted by Gasteiger charge is 2.25. The Morgan fingerprint density at radius 3 is 0.900 bits per heavy atom. The van der Waals surface area contributed by atoms with Crippen molar-refractivity contribution >= 4 is 13.8 Å². The predicted molar refractivity (Wildman–Crippen MR) is 303 cm³/mol. The van der Waals surface area contributed by atoms with Crippen LogP contribution in [0.4, 0.5) is 0 Å². The van der Waals surface area contributed by atoms with Gasteiger partial charge in [0.15, 0.2) is 0 Å². The zero-order chi connectivity index (χ0) is 50.8. The number of phosphoric acid groups is 1. The lowest BCUT2D eigenvalue weighted by Crippen LogP contribution is -2.28. The normalized spacial score (nSPS) is 13.0. The Labute approximate surface area is 437 Å². The Balaban J connectivity index is 3.77. The molecule has 8 nitrogen and oxygen atoms in total.